The van der Waals surface area contributed by atoms with Crippen molar-refractivity contribution in [3.05, 3.63) is 83.6 Å². The highest BCUT2D eigenvalue weighted by molar-refractivity contribution is 5.97. The molecule has 0 radical (unpaired) electrons. The van der Waals surface area contributed by atoms with E-state index in [1.807, 2.05) is 67.6 Å². The lowest BCUT2D eigenvalue weighted by atomic mass is 9.92. The lowest BCUT2D eigenvalue weighted by molar-refractivity contribution is -0.130. The molecular formula is C30H38N4O2. The van der Waals surface area contributed by atoms with E-state index in [0.717, 1.165) is 28.9 Å². The van der Waals surface area contributed by atoms with Crippen LogP contribution in [-0.2, 0) is 15.0 Å². The van der Waals surface area contributed by atoms with Crippen LogP contribution < -0.4 is 5.32 Å². The number of carbonyl (C=O) groups is 2. The van der Waals surface area contributed by atoms with E-state index in [-0.39, 0.29) is 23.8 Å². The van der Waals surface area contributed by atoms with E-state index < -0.39 is 0 Å². The molecule has 0 saturated carbocycles. The fourth-order valence-electron chi connectivity index (χ4n) is 3.67. The van der Waals surface area contributed by atoms with Crippen LogP contribution in [0.15, 0.2) is 66.7 Å². The molecule has 1 N–H and O–H groups in total. The van der Waals surface area contributed by atoms with Gasteiger partial charge in [-0.1, -0.05) is 77.1 Å². The van der Waals surface area contributed by atoms with Crippen molar-refractivity contribution < 1.29 is 9.59 Å². The van der Waals surface area contributed by atoms with Crippen LogP contribution in [0.1, 0.15) is 57.9 Å². The molecule has 36 heavy (non-hydrogen) atoms. The summed E-state index contributed by atoms with van der Waals surface area (Å²) in [6, 6.07) is 19.6. The molecule has 0 aliphatic heterocycles. The largest absolute Gasteiger partial charge is 0.330 e. The fourth-order valence-corrected chi connectivity index (χ4v) is 3.67. The minimum atomic E-state index is -0.255. The number of amides is 2. The Morgan fingerprint density at radius 2 is 1.78 bits per heavy atom. The number of benzene rings is 2. The first-order valence-corrected chi connectivity index (χ1v) is 12.5. The number of nitrogens with one attached hydrogen (secondary N) is 1. The van der Waals surface area contributed by atoms with Gasteiger partial charge in [-0.05, 0) is 48.6 Å². The number of anilines is 1. The van der Waals surface area contributed by atoms with Crippen LogP contribution in [0.3, 0.4) is 0 Å². The normalized spacial score (nSPS) is 11.8. The highest BCUT2D eigenvalue weighted by atomic mass is 16.2. The highest BCUT2D eigenvalue weighted by Crippen LogP contribution is 2.26. The fraction of sp³-hybridized carbons (Fsp3) is 0.367. The molecule has 0 unspecified atom stereocenters. The SMILES string of the molecule is Cc1cccc(-n2nc(C(C)(C)C)cc2NC(=O)CN(CCC(C)C)C(=O)C=Cc2ccccc2)c1. The highest BCUT2D eigenvalue weighted by Gasteiger charge is 2.23. The third-order valence-corrected chi connectivity index (χ3v) is 5.83. The van der Waals surface area contributed by atoms with Crippen molar-refractivity contribution in [3.8, 4) is 5.69 Å². The van der Waals surface area contributed by atoms with Gasteiger partial charge in [0.2, 0.25) is 11.8 Å². The molecule has 0 bridgehead atoms. The van der Waals surface area contributed by atoms with Gasteiger partial charge in [-0.25, -0.2) is 4.68 Å². The number of rotatable bonds is 9. The van der Waals surface area contributed by atoms with Crippen LogP contribution in [0.5, 0.6) is 0 Å². The third kappa shape index (κ3) is 7.67. The molecular weight excluding hydrogens is 448 g/mol. The van der Waals surface area contributed by atoms with Crippen LogP contribution in [0.2, 0.25) is 0 Å². The van der Waals surface area contributed by atoms with Crippen molar-refractivity contribution in [2.45, 2.75) is 53.4 Å². The Hall–Kier alpha value is -3.67. The molecule has 0 atom stereocenters. The Kier molecular flexibility index (Phi) is 8.86. The topological polar surface area (TPSA) is 67.2 Å². The first-order chi connectivity index (χ1) is 17.0. The van der Waals surface area contributed by atoms with Crippen molar-refractivity contribution in [1.82, 2.24) is 14.7 Å². The second-order valence-corrected chi connectivity index (χ2v) is 10.7. The first-order valence-electron chi connectivity index (χ1n) is 12.5. The molecule has 0 fully saturated rings. The second-order valence-electron chi connectivity index (χ2n) is 10.7. The van der Waals surface area contributed by atoms with Crippen molar-refractivity contribution in [2.75, 3.05) is 18.4 Å². The first kappa shape index (κ1) is 26.9. The van der Waals surface area contributed by atoms with Crippen molar-refractivity contribution >= 4 is 23.7 Å². The van der Waals surface area contributed by atoms with Gasteiger partial charge in [0.05, 0.1) is 11.4 Å². The lowest BCUT2D eigenvalue weighted by Gasteiger charge is -2.22. The summed E-state index contributed by atoms with van der Waals surface area (Å²) >= 11 is 0. The van der Waals surface area contributed by atoms with E-state index in [2.05, 4.69) is 39.9 Å². The van der Waals surface area contributed by atoms with E-state index in [1.54, 1.807) is 15.7 Å². The molecule has 6 heteroatoms. The smallest absolute Gasteiger partial charge is 0.247 e. The van der Waals surface area contributed by atoms with Gasteiger partial charge in [0.1, 0.15) is 12.4 Å². The summed E-state index contributed by atoms with van der Waals surface area (Å²) in [6.45, 7) is 13.0. The summed E-state index contributed by atoms with van der Waals surface area (Å²) < 4.78 is 1.76. The predicted molar refractivity (Wildman–Crippen MR) is 147 cm³/mol. The molecule has 1 heterocycles. The maximum Gasteiger partial charge on any atom is 0.247 e. The summed E-state index contributed by atoms with van der Waals surface area (Å²) in [5, 5.41) is 7.80. The molecule has 1 aromatic heterocycles. The molecule has 3 aromatic rings. The van der Waals surface area contributed by atoms with Gasteiger partial charge in [-0.3, -0.25) is 9.59 Å². The average Bonchev–Trinajstić information content (AvgIpc) is 3.25. The van der Waals surface area contributed by atoms with E-state index in [4.69, 9.17) is 5.10 Å². The van der Waals surface area contributed by atoms with Crippen LogP contribution >= 0.6 is 0 Å². The van der Waals surface area contributed by atoms with E-state index in [0.29, 0.717) is 18.3 Å². The average molecular weight is 487 g/mol. The van der Waals surface area contributed by atoms with Gasteiger partial charge in [-0.15, -0.1) is 0 Å². The number of hydrogen-bond donors (Lipinski definition) is 1. The summed E-state index contributed by atoms with van der Waals surface area (Å²) in [5.74, 6) is 0.567. The Bertz CT molecular complexity index is 1200. The zero-order valence-electron chi connectivity index (χ0n) is 22.3. The Morgan fingerprint density at radius 1 is 1.06 bits per heavy atom. The predicted octanol–water partition coefficient (Wildman–Crippen LogP) is 6.00. The van der Waals surface area contributed by atoms with Gasteiger partial charge in [0.15, 0.2) is 0 Å². The van der Waals surface area contributed by atoms with Crippen LogP contribution in [0.4, 0.5) is 5.82 Å². The summed E-state index contributed by atoms with van der Waals surface area (Å²) in [7, 11) is 0. The molecule has 2 aromatic carbocycles. The second kappa shape index (κ2) is 11.8. The van der Waals surface area contributed by atoms with Crippen LogP contribution in [0.25, 0.3) is 11.8 Å². The van der Waals surface area contributed by atoms with Gasteiger partial charge >= 0.3 is 0 Å². The van der Waals surface area contributed by atoms with Crippen LogP contribution in [0, 0.1) is 12.8 Å². The quantitative estimate of drug-likeness (QED) is 0.377. The monoisotopic (exact) mass is 486 g/mol. The molecule has 0 aliphatic carbocycles. The Labute approximate surface area is 215 Å². The number of nitrogens with zero attached hydrogens (tertiary/aromatic N) is 3. The zero-order valence-corrected chi connectivity index (χ0v) is 22.3. The molecule has 0 aliphatic rings. The summed E-state index contributed by atoms with van der Waals surface area (Å²) in [6.07, 6.45) is 4.14. The maximum absolute atomic E-state index is 13.2. The van der Waals surface area contributed by atoms with Gasteiger partial charge in [-0.2, -0.15) is 5.10 Å². The van der Waals surface area contributed by atoms with Crippen molar-refractivity contribution in [2.24, 2.45) is 5.92 Å². The number of carbonyl (C=O) groups excluding carboxylic acids is 2. The third-order valence-electron chi connectivity index (χ3n) is 5.83. The van der Waals surface area contributed by atoms with E-state index in [9.17, 15) is 9.59 Å². The molecule has 0 spiro atoms. The van der Waals surface area contributed by atoms with E-state index >= 15 is 0 Å². The minimum absolute atomic E-state index is 0.0332. The minimum Gasteiger partial charge on any atom is -0.330 e. The van der Waals surface area contributed by atoms with Crippen molar-refractivity contribution in [1.29, 1.82) is 0 Å². The van der Waals surface area contributed by atoms with Gasteiger partial charge in [0, 0.05) is 24.1 Å². The van der Waals surface area contributed by atoms with Crippen LogP contribution in [-0.4, -0.2) is 39.6 Å². The molecule has 2 amide bonds. The molecule has 6 nitrogen and oxygen atoms in total. The maximum atomic E-state index is 13.2. The number of aromatic nitrogens is 2. The Morgan fingerprint density at radius 3 is 2.42 bits per heavy atom. The molecule has 3 rings (SSSR count). The van der Waals surface area contributed by atoms with Gasteiger partial charge in [0.25, 0.3) is 0 Å². The Balaban J connectivity index is 1.81. The summed E-state index contributed by atoms with van der Waals surface area (Å²) in [4.78, 5) is 27.8. The molecule has 190 valence electrons. The summed E-state index contributed by atoms with van der Waals surface area (Å²) in [5.41, 5.74) is 3.61. The zero-order chi connectivity index (χ0) is 26.3. The number of aryl methyl sites for hydroxylation is 1. The molecule has 0 saturated heterocycles. The lowest BCUT2D eigenvalue weighted by Crippen LogP contribution is -2.38. The standard InChI is InChI=1S/C30H38N4O2/c1-22(2)17-18-33(29(36)16-15-24-12-8-7-9-13-24)21-28(35)31-27-20-26(30(4,5)6)32-34(27)25-14-10-11-23(3)19-25/h7-16,19-20,22H,17-18,21H2,1-6H3,(H,31,35). The van der Waals surface area contributed by atoms with E-state index in [1.165, 1.54) is 6.08 Å². The van der Waals surface area contributed by atoms with Crippen molar-refractivity contribution in [3.63, 3.8) is 0 Å². The van der Waals surface area contributed by atoms with Gasteiger partial charge < -0.3 is 10.2 Å². The number of hydrogen-bond acceptors (Lipinski definition) is 3.